The quantitative estimate of drug-likeness (QED) is 0.182. The van der Waals surface area contributed by atoms with Gasteiger partial charge in [0.15, 0.2) is 0 Å². The van der Waals surface area contributed by atoms with E-state index in [1.54, 1.807) is 0 Å². The molecule has 0 saturated heterocycles. The fourth-order valence-corrected chi connectivity index (χ4v) is 9.40. The van der Waals surface area contributed by atoms with Crippen LogP contribution >= 0.6 is 0 Å². The molecule has 1 spiro atoms. The first-order chi connectivity index (χ1) is 25.8. The summed E-state index contributed by atoms with van der Waals surface area (Å²) in [5.74, 6) is 0. The first-order valence-electron chi connectivity index (χ1n) is 18.1. The number of para-hydroxylation sites is 1. The molecule has 9 aromatic rings. The van der Waals surface area contributed by atoms with Gasteiger partial charge in [0.1, 0.15) is 0 Å². The van der Waals surface area contributed by atoms with Gasteiger partial charge in [-0.1, -0.05) is 170 Å². The van der Waals surface area contributed by atoms with Gasteiger partial charge in [-0.05, 0) is 102 Å². The van der Waals surface area contributed by atoms with E-state index in [0.717, 1.165) is 17.1 Å². The lowest BCUT2D eigenvalue weighted by Crippen LogP contribution is -2.26. The standard InChI is InChI=1S/C51H33N/c1-2-18-36(19-3-1)52(49-32-29-35-16-5-7-21-39(35)50(49)44-25-14-17-34-15-4-6-20-38(34)44)37-30-31-43-42-24-10-13-28-47(42)51(48(43)33-37)45-26-11-8-22-40(45)41-23-9-12-27-46(41)51/h1-33H. The van der Waals surface area contributed by atoms with Gasteiger partial charge in [-0.2, -0.15) is 0 Å². The molecule has 1 nitrogen and oxygen atoms in total. The molecule has 0 unspecified atom stereocenters. The molecule has 52 heavy (non-hydrogen) atoms. The Bertz CT molecular complexity index is 2800. The Hall–Kier alpha value is -6.70. The summed E-state index contributed by atoms with van der Waals surface area (Å²) in [6, 6.07) is 74.1. The molecule has 11 rings (SSSR count). The second-order valence-electron chi connectivity index (χ2n) is 14.0. The SMILES string of the molecule is c1ccc(N(c2ccc3c(c2)C2(c4ccccc4-c4ccccc42)c2ccccc2-3)c2ccc3ccccc3c2-c2cccc3ccccc23)cc1. The molecule has 0 saturated carbocycles. The second kappa shape index (κ2) is 11.2. The van der Waals surface area contributed by atoms with Gasteiger partial charge in [-0.15, -0.1) is 0 Å². The van der Waals surface area contributed by atoms with Crippen molar-refractivity contribution < 1.29 is 0 Å². The van der Waals surface area contributed by atoms with E-state index in [-0.39, 0.29) is 0 Å². The fourth-order valence-electron chi connectivity index (χ4n) is 9.40. The minimum atomic E-state index is -0.417. The van der Waals surface area contributed by atoms with E-state index in [0.29, 0.717) is 0 Å². The summed E-state index contributed by atoms with van der Waals surface area (Å²) in [5, 5.41) is 4.95. The van der Waals surface area contributed by atoms with Crippen molar-refractivity contribution in [2.75, 3.05) is 4.90 Å². The highest BCUT2D eigenvalue weighted by molar-refractivity contribution is 6.11. The summed E-state index contributed by atoms with van der Waals surface area (Å²) in [7, 11) is 0. The Morgan fingerprint density at radius 1 is 0.308 bits per heavy atom. The minimum Gasteiger partial charge on any atom is -0.310 e. The van der Waals surface area contributed by atoms with Crippen LogP contribution in [0.3, 0.4) is 0 Å². The summed E-state index contributed by atoms with van der Waals surface area (Å²) in [6.45, 7) is 0. The van der Waals surface area contributed by atoms with E-state index >= 15 is 0 Å². The molecule has 0 bridgehead atoms. The van der Waals surface area contributed by atoms with Crippen LogP contribution in [0.1, 0.15) is 22.3 Å². The largest absolute Gasteiger partial charge is 0.310 e. The Labute approximate surface area is 303 Å². The predicted molar refractivity (Wildman–Crippen MR) is 218 cm³/mol. The number of fused-ring (bicyclic) bond motifs is 12. The van der Waals surface area contributed by atoms with Crippen molar-refractivity contribution in [2.24, 2.45) is 0 Å². The van der Waals surface area contributed by atoms with Crippen molar-refractivity contribution in [1.82, 2.24) is 0 Å². The van der Waals surface area contributed by atoms with Gasteiger partial charge in [-0.25, -0.2) is 0 Å². The highest BCUT2D eigenvalue weighted by Gasteiger charge is 2.51. The van der Waals surface area contributed by atoms with E-state index in [1.807, 2.05) is 0 Å². The maximum Gasteiger partial charge on any atom is 0.0726 e. The molecular formula is C51H33N. The van der Waals surface area contributed by atoms with Gasteiger partial charge >= 0.3 is 0 Å². The van der Waals surface area contributed by atoms with Crippen molar-refractivity contribution in [3.8, 4) is 33.4 Å². The van der Waals surface area contributed by atoms with E-state index in [9.17, 15) is 0 Å². The molecular weight excluding hydrogens is 627 g/mol. The van der Waals surface area contributed by atoms with Gasteiger partial charge < -0.3 is 4.90 Å². The van der Waals surface area contributed by atoms with Crippen LogP contribution in [0.5, 0.6) is 0 Å². The molecule has 0 atom stereocenters. The average molecular weight is 660 g/mol. The Morgan fingerprint density at radius 3 is 1.48 bits per heavy atom. The van der Waals surface area contributed by atoms with E-state index in [2.05, 4.69) is 205 Å². The van der Waals surface area contributed by atoms with Gasteiger partial charge in [0, 0.05) is 16.9 Å². The van der Waals surface area contributed by atoms with Crippen LogP contribution < -0.4 is 4.90 Å². The number of anilines is 3. The van der Waals surface area contributed by atoms with Gasteiger partial charge in [-0.3, -0.25) is 0 Å². The van der Waals surface area contributed by atoms with Gasteiger partial charge in [0.05, 0.1) is 11.1 Å². The van der Waals surface area contributed by atoms with Gasteiger partial charge in [0.25, 0.3) is 0 Å². The fraction of sp³-hybridized carbons (Fsp3) is 0.0196. The summed E-state index contributed by atoms with van der Waals surface area (Å²) < 4.78 is 0. The number of rotatable bonds is 4. The molecule has 0 aromatic heterocycles. The summed E-state index contributed by atoms with van der Waals surface area (Å²) >= 11 is 0. The number of hydrogen-bond acceptors (Lipinski definition) is 1. The lowest BCUT2D eigenvalue weighted by atomic mass is 9.70. The monoisotopic (exact) mass is 659 g/mol. The lowest BCUT2D eigenvalue weighted by molar-refractivity contribution is 0.793. The first kappa shape index (κ1) is 29.1. The lowest BCUT2D eigenvalue weighted by Gasteiger charge is -2.33. The molecule has 0 heterocycles. The smallest absolute Gasteiger partial charge is 0.0726 e. The van der Waals surface area contributed by atoms with Crippen molar-refractivity contribution in [3.63, 3.8) is 0 Å². The van der Waals surface area contributed by atoms with Crippen molar-refractivity contribution in [1.29, 1.82) is 0 Å². The zero-order valence-corrected chi connectivity index (χ0v) is 28.5. The number of hydrogen-bond donors (Lipinski definition) is 0. The first-order valence-corrected chi connectivity index (χ1v) is 18.1. The zero-order valence-electron chi connectivity index (χ0n) is 28.5. The van der Waals surface area contributed by atoms with Crippen LogP contribution in [0, 0.1) is 0 Å². The molecule has 1 heteroatoms. The molecule has 242 valence electrons. The Balaban J connectivity index is 1.23. The maximum absolute atomic E-state index is 2.49. The van der Waals surface area contributed by atoms with Crippen molar-refractivity contribution in [2.45, 2.75) is 5.41 Å². The highest BCUT2D eigenvalue weighted by Crippen LogP contribution is 2.63. The molecule has 2 aliphatic rings. The van der Waals surface area contributed by atoms with Crippen LogP contribution in [0.25, 0.3) is 54.9 Å². The van der Waals surface area contributed by atoms with Crippen molar-refractivity contribution in [3.05, 3.63) is 222 Å². The number of nitrogens with zero attached hydrogens (tertiary/aromatic N) is 1. The van der Waals surface area contributed by atoms with Crippen LogP contribution in [0.4, 0.5) is 17.1 Å². The van der Waals surface area contributed by atoms with Crippen molar-refractivity contribution >= 4 is 38.6 Å². The molecule has 2 aliphatic carbocycles. The summed E-state index contributed by atoms with van der Waals surface area (Å²) in [6.07, 6.45) is 0. The van der Waals surface area contributed by atoms with E-state index < -0.39 is 5.41 Å². The van der Waals surface area contributed by atoms with E-state index in [1.165, 1.54) is 77.2 Å². The van der Waals surface area contributed by atoms with E-state index in [4.69, 9.17) is 0 Å². The molecule has 9 aromatic carbocycles. The summed E-state index contributed by atoms with van der Waals surface area (Å²) in [5.41, 5.74) is 16.1. The van der Waals surface area contributed by atoms with Crippen LogP contribution in [0.2, 0.25) is 0 Å². The molecule has 0 aliphatic heterocycles. The molecule has 0 N–H and O–H groups in total. The highest BCUT2D eigenvalue weighted by atomic mass is 15.1. The number of benzene rings is 9. The maximum atomic E-state index is 2.49. The third-order valence-corrected chi connectivity index (χ3v) is 11.5. The summed E-state index contributed by atoms with van der Waals surface area (Å²) in [4.78, 5) is 2.48. The predicted octanol–water partition coefficient (Wildman–Crippen LogP) is 13.5. The Kier molecular flexibility index (Phi) is 6.23. The molecule has 0 fully saturated rings. The third-order valence-electron chi connectivity index (χ3n) is 11.5. The zero-order chi connectivity index (χ0) is 34.2. The second-order valence-corrected chi connectivity index (χ2v) is 14.0. The average Bonchev–Trinajstić information content (AvgIpc) is 3.68. The molecule has 0 amide bonds. The van der Waals surface area contributed by atoms with Crippen LogP contribution in [-0.2, 0) is 5.41 Å². The Morgan fingerprint density at radius 2 is 0.808 bits per heavy atom. The van der Waals surface area contributed by atoms with Crippen LogP contribution in [0.15, 0.2) is 200 Å². The van der Waals surface area contributed by atoms with Crippen LogP contribution in [-0.4, -0.2) is 0 Å². The third kappa shape index (κ3) is 3.94. The molecule has 0 radical (unpaired) electrons. The minimum absolute atomic E-state index is 0.417. The van der Waals surface area contributed by atoms with Gasteiger partial charge in [0.2, 0.25) is 0 Å². The topological polar surface area (TPSA) is 3.24 Å². The normalized spacial score (nSPS) is 13.2.